The highest BCUT2D eigenvalue weighted by atomic mass is 15.3. The Morgan fingerprint density at radius 2 is 2.29 bits per heavy atom. The minimum atomic E-state index is 0.604. The van der Waals surface area contributed by atoms with Gasteiger partial charge in [0.2, 0.25) is 0 Å². The van der Waals surface area contributed by atoms with Gasteiger partial charge < -0.3 is 5.32 Å². The summed E-state index contributed by atoms with van der Waals surface area (Å²) < 4.78 is 2.14. The van der Waals surface area contributed by atoms with Crippen LogP contribution in [-0.2, 0) is 19.5 Å². The second-order valence-corrected chi connectivity index (χ2v) is 4.89. The molecule has 4 heteroatoms. The van der Waals surface area contributed by atoms with E-state index in [0.29, 0.717) is 6.04 Å². The van der Waals surface area contributed by atoms with Crippen LogP contribution in [-0.4, -0.2) is 40.4 Å². The Labute approximate surface area is 104 Å². The van der Waals surface area contributed by atoms with Crippen molar-refractivity contribution in [2.45, 2.75) is 46.3 Å². The topological polar surface area (TPSA) is 33.1 Å². The molecule has 2 rings (SSSR count). The predicted molar refractivity (Wildman–Crippen MR) is 70.0 cm³/mol. The summed E-state index contributed by atoms with van der Waals surface area (Å²) in [5.74, 6) is 0. The second kappa shape index (κ2) is 5.65. The molecule has 1 unspecified atom stereocenters. The normalized spacial score (nSPS) is 21.9. The van der Waals surface area contributed by atoms with Crippen molar-refractivity contribution >= 4 is 0 Å². The van der Waals surface area contributed by atoms with E-state index in [1.165, 1.54) is 11.4 Å². The molecule has 1 saturated heterocycles. The SMILES string of the molecule is CCc1cc(CN2CCNC(C)C2)n(CC)n1. The minimum absolute atomic E-state index is 0.604. The molecule has 1 N–H and O–H groups in total. The molecule has 1 aromatic heterocycles. The first kappa shape index (κ1) is 12.6. The Balaban J connectivity index is 2.03. The van der Waals surface area contributed by atoms with E-state index < -0.39 is 0 Å². The van der Waals surface area contributed by atoms with Gasteiger partial charge in [-0.15, -0.1) is 0 Å². The molecule has 96 valence electrons. The van der Waals surface area contributed by atoms with Crippen LogP contribution in [0.25, 0.3) is 0 Å². The smallest absolute Gasteiger partial charge is 0.0625 e. The molecule has 4 nitrogen and oxygen atoms in total. The average Bonchev–Trinajstić information content (AvgIpc) is 2.71. The third-order valence-electron chi connectivity index (χ3n) is 3.41. The molecule has 1 aromatic rings. The lowest BCUT2D eigenvalue weighted by molar-refractivity contribution is 0.194. The highest BCUT2D eigenvalue weighted by Crippen LogP contribution is 2.10. The lowest BCUT2D eigenvalue weighted by Crippen LogP contribution is -2.48. The number of aryl methyl sites for hydroxylation is 2. The van der Waals surface area contributed by atoms with Gasteiger partial charge in [-0.25, -0.2) is 0 Å². The van der Waals surface area contributed by atoms with Crippen LogP contribution in [0.15, 0.2) is 6.07 Å². The molecule has 1 aliphatic heterocycles. The first-order chi connectivity index (χ1) is 8.22. The van der Waals surface area contributed by atoms with Crippen LogP contribution >= 0.6 is 0 Å². The molecule has 1 atom stereocenters. The number of piperazine rings is 1. The van der Waals surface area contributed by atoms with Crippen LogP contribution in [0.5, 0.6) is 0 Å². The summed E-state index contributed by atoms with van der Waals surface area (Å²) in [6.07, 6.45) is 1.03. The zero-order chi connectivity index (χ0) is 12.3. The van der Waals surface area contributed by atoms with Crippen molar-refractivity contribution in [2.24, 2.45) is 0 Å². The number of nitrogens with zero attached hydrogens (tertiary/aromatic N) is 3. The third kappa shape index (κ3) is 3.07. The molecule has 1 aliphatic rings. The standard InChI is InChI=1S/C13H24N4/c1-4-12-8-13(17(5-2)15-12)10-16-7-6-14-11(3)9-16/h8,11,14H,4-7,9-10H2,1-3H3. The van der Waals surface area contributed by atoms with Crippen LogP contribution in [0.4, 0.5) is 0 Å². The summed E-state index contributed by atoms with van der Waals surface area (Å²) in [5, 5.41) is 8.08. The lowest BCUT2D eigenvalue weighted by atomic mass is 10.2. The van der Waals surface area contributed by atoms with E-state index in [2.05, 4.69) is 46.8 Å². The van der Waals surface area contributed by atoms with E-state index in [4.69, 9.17) is 0 Å². The van der Waals surface area contributed by atoms with E-state index in [0.717, 1.165) is 39.1 Å². The molecule has 0 spiro atoms. The Bertz CT molecular complexity index is 358. The number of hydrogen-bond acceptors (Lipinski definition) is 3. The fourth-order valence-electron chi connectivity index (χ4n) is 2.47. The number of rotatable bonds is 4. The molecule has 17 heavy (non-hydrogen) atoms. The molecular formula is C13H24N4. The maximum Gasteiger partial charge on any atom is 0.0625 e. The second-order valence-electron chi connectivity index (χ2n) is 4.89. The minimum Gasteiger partial charge on any atom is -0.312 e. The molecular weight excluding hydrogens is 212 g/mol. The van der Waals surface area contributed by atoms with E-state index in [-0.39, 0.29) is 0 Å². The summed E-state index contributed by atoms with van der Waals surface area (Å²) in [4.78, 5) is 2.52. The van der Waals surface area contributed by atoms with Gasteiger partial charge in [0.1, 0.15) is 0 Å². The van der Waals surface area contributed by atoms with Gasteiger partial charge in [-0.3, -0.25) is 9.58 Å². The highest BCUT2D eigenvalue weighted by molar-refractivity contribution is 5.10. The monoisotopic (exact) mass is 236 g/mol. The molecule has 0 amide bonds. The van der Waals surface area contributed by atoms with Crippen LogP contribution in [0.1, 0.15) is 32.2 Å². The summed E-state index contributed by atoms with van der Waals surface area (Å²) in [6.45, 7) is 12.0. The Hall–Kier alpha value is -0.870. The lowest BCUT2D eigenvalue weighted by Gasteiger charge is -2.31. The van der Waals surface area contributed by atoms with Crippen molar-refractivity contribution in [3.63, 3.8) is 0 Å². The van der Waals surface area contributed by atoms with Crippen molar-refractivity contribution < 1.29 is 0 Å². The van der Waals surface area contributed by atoms with Crippen LogP contribution in [0.3, 0.4) is 0 Å². The molecule has 0 aromatic carbocycles. The zero-order valence-corrected chi connectivity index (χ0v) is 11.2. The van der Waals surface area contributed by atoms with E-state index in [1.54, 1.807) is 0 Å². The summed E-state index contributed by atoms with van der Waals surface area (Å²) >= 11 is 0. The molecule has 2 heterocycles. The van der Waals surface area contributed by atoms with Crippen molar-refractivity contribution in [2.75, 3.05) is 19.6 Å². The fourth-order valence-corrected chi connectivity index (χ4v) is 2.47. The predicted octanol–water partition coefficient (Wildman–Crippen LogP) is 1.26. The van der Waals surface area contributed by atoms with Gasteiger partial charge in [0.25, 0.3) is 0 Å². The fraction of sp³-hybridized carbons (Fsp3) is 0.769. The first-order valence-electron chi connectivity index (χ1n) is 6.74. The van der Waals surface area contributed by atoms with Gasteiger partial charge in [0.15, 0.2) is 0 Å². The summed E-state index contributed by atoms with van der Waals surface area (Å²) in [5.41, 5.74) is 2.57. The first-order valence-corrected chi connectivity index (χ1v) is 6.74. The Kier molecular flexibility index (Phi) is 4.18. The van der Waals surface area contributed by atoms with E-state index in [1.807, 2.05) is 0 Å². The van der Waals surface area contributed by atoms with E-state index in [9.17, 15) is 0 Å². The summed E-state index contributed by atoms with van der Waals surface area (Å²) in [6, 6.07) is 2.86. The molecule has 1 fully saturated rings. The van der Waals surface area contributed by atoms with Gasteiger partial charge in [0.05, 0.1) is 11.4 Å². The van der Waals surface area contributed by atoms with Crippen molar-refractivity contribution in [3.8, 4) is 0 Å². The van der Waals surface area contributed by atoms with Gasteiger partial charge in [-0.2, -0.15) is 5.10 Å². The quantitative estimate of drug-likeness (QED) is 0.854. The largest absolute Gasteiger partial charge is 0.312 e. The zero-order valence-electron chi connectivity index (χ0n) is 11.2. The van der Waals surface area contributed by atoms with Gasteiger partial charge in [-0.1, -0.05) is 6.92 Å². The van der Waals surface area contributed by atoms with Crippen LogP contribution in [0, 0.1) is 0 Å². The number of aromatic nitrogens is 2. The van der Waals surface area contributed by atoms with Crippen LogP contribution < -0.4 is 5.32 Å². The maximum absolute atomic E-state index is 4.61. The maximum atomic E-state index is 4.61. The van der Waals surface area contributed by atoms with E-state index >= 15 is 0 Å². The Morgan fingerprint density at radius 3 is 2.94 bits per heavy atom. The molecule has 0 saturated carbocycles. The van der Waals surface area contributed by atoms with Crippen molar-refractivity contribution in [1.82, 2.24) is 20.0 Å². The number of nitrogens with one attached hydrogen (secondary N) is 1. The molecule has 0 bridgehead atoms. The third-order valence-corrected chi connectivity index (χ3v) is 3.41. The van der Waals surface area contributed by atoms with Gasteiger partial charge in [0, 0.05) is 38.8 Å². The van der Waals surface area contributed by atoms with Crippen molar-refractivity contribution in [3.05, 3.63) is 17.5 Å². The van der Waals surface area contributed by atoms with Crippen molar-refractivity contribution in [1.29, 1.82) is 0 Å². The highest BCUT2D eigenvalue weighted by Gasteiger charge is 2.17. The number of hydrogen-bond donors (Lipinski definition) is 1. The average molecular weight is 236 g/mol. The van der Waals surface area contributed by atoms with Crippen LogP contribution in [0.2, 0.25) is 0 Å². The Morgan fingerprint density at radius 1 is 1.47 bits per heavy atom. The van der Waals surface area contributed by atoms with Gasteiger partial charge in [-0.05, 0) is 26.3 Å². The summed E-state index contributed by atoms with van der Waals surface area (Å²) in [7, 11) is 0. The molecule has 0 aliphatic carbocycles. The van der Waals surface area contributed by atoms with Gasteiger partial charge >= 0.3 is 0 Å². The molecule has 0 radical (unpaired) electrons.